The van der Waals surface area contributed by atoms with E-state index in [9.17, 15) is 24.0 Å². The average molecular weight is 379 g/mol. The minimum Gasteiger partial charge on any atom is -0.501 e. The number of aliphatic carboxylic acids is 3. The highest BCUT2D eigenvalue weighted by Gasteiger charge is 2.24. The zero-order valence-electron chi connectivity index (χ0n) is 12.7. The predicted octanol–water partition coefficient (Wildman–Crippen LogP) is -2.31. The highest BCUT2D eigenvalue weighted by Crippen LogP contribution is 2.08. The van der Waals surface area contributed by atoms with Crippen molar-refractivity contribution in [3.63, 3.8) is 0 Å². The molecule has 0 aromatic rings. The molecule has 2 atom stereocenters. The van der Waals surface area contributed by atoms with E-state index in [1.54, 1.807) is 0 Å². The van der Waals surface area contributed by atoms with Crippen molar-refractivity contribution in [2.75, 3.05) is 12.3 Å². The van der Waals surface area contributed by atoms with E-state index in [-0.39, 0.29) is 5.75 Å². The van der Waals surface area contributed by atoms with Gasteiger partial charge in [0, 0.05) is 11.2 Å². The van der Waals surface area contributed by atoms with E-state index in [1.165, 1.54) is 0 Å². The maximum atomic E-state index is 11.9. The summed E-state index contributed by atoms with van der Waals surface area (Å²) in [6, 6.07) is -2.80. The van der Waals surface area contributed by atoms with Crippen molar-refractivity contribution in [1.29, 1.82) is 0 Å². The molecule has 140 valence electrons. The topological polar surface area (TPSA) is 216 Å². The molecule has 0 fully saturated rings. The van der Waals surface area contributed by atoms with Crippen molar-refractivity contribution in [2.24, 2.45) is 5.73 Å². The lowest BCUT2D eigenvalue weighted by Gasteiger charge is -2.17. The molecular formula is C12H17N3O9S. The quantitative estimate of drug-likeness (QED) is 0.149. The first-order chi connectivity index (χ1) is 11.5. The third-order valence-corrected chi connectivity index (χ3v) is 3.38. The number of carbonyl (C=O) groups is 5. The van der Waals surface area contributed by atoms with Crippen LogP contribution < -0.4 is 16.4 Å². The molecule has 0 spiro atoms. The van der Waals surface area contributed by atoms with Crippen molar-refractivity contribution in [1.82, 2.24) is 10.6 Å². The molecule has 0 saturated heterocycles. The summed E-state index contributed by atoms with van der Waals surface area (Å²) in [6.45, 7) is -0.722. The summed E-state index contributed by atoms with van der Waals surface area (Å²) in [6.07, 6.45) is -0.626. The number of thioether (sulfide) groups is 1. The fourth-order valence-electron chi connectivity index (χ4n) is 1.28. The van der Waals surface area contributed by atoms with Crippen LogP contribution in [0.5, 0.6) is 0 Å². The van der Waals surface area contributed by atoms with Crippen LogP contribution in [0.15, 0.2) is 11.2 Å². The van der Waals surface area contributed by atoms with Crippen LogP contribution in [0.2, 0.25) is 0 Å². The number of hydrogen-bond donors (Lipinski definition) is 7. The normalized spacial score (nSPS) is 13.4. The van der Waals surface area contributed by atoms with Crippen molar-refractivity contribution < 1.29 is 44.4 Å². The van der Waals surface area contributed by atoms with Gasteiger partial charge in [0.1, 0.15) is 18.6 Å². The second-order valence-corrected chi connectivity index (χ2v) is 5.42. The molecule has 2 unspecified atom stereocenters. The van der Waals surface area contributed by atoms with E-state index in [0.717, 1.165) is 5.41 Å². The van der Waals surface area contributed by atoms with Gasteiger partial charge in [-0.1, -0.05) is 0 Å². The summed E-state index contributed by atoms with van der Waals surface area (Å²) in [7, 11) is 0. The lowest BCUT2D eigenvalue weighted by Crippen LogP contribution is -2.50. The Morgan fingerprint density at radius 2 is 1.68 bits per heavy atom. The number of carboxylic acid groups (broad SMARTS) is 3. The standard InChI is InChI=1S/C12H17N3O9S/c13-5(11(21)22)1-8(17)15-6(10(20)14-2-9(18)19)3-25-4-7(16)12(23)24/h4-6,16H,1-3,13H2,(H,14,20)(H,15,17)(H,18,19)(H,21,22)(H,23,24). The Morgan fingerprint density at radius 3 is 2.16 bits per heavy atom. The van der Waals surface area contributed by atoms with Crippen molar-refractivity contribution in [2.45, 2.75) is 18.5 Å². The van der Waals surface area contributed by atoms with Gasteiger partial charge in [0.15, 0.2) is 0 Å². The third-order valence-electron chi connectivity index (χ3n) is 2.47. The number of amides is 2. The van der Waals surface area contributed by atoms with Gasteiger partial charge < -0.3 is 36.8 Å². The molecule has 0 bridgehead atoms. The summed E-state index contributed by atoms with van der Waals surface area (Å²) in [4.78, 5) is 55.0. The van der Waals surface area contributed by atoms with Crippen LogP contribution in [0.3, 0.4) is 0 Å². The molecule has 0 heterocycles. The molecule has 0 saturated carbocycles. The second-order valence-electron chi connectivity index (χ2n) is 4.52. The lowest BCUT2D eigenvalue weighted by atomic mass is 10.2. The van der Waals surface area contributed by atoms with E-state index in [4.69, 9.17) is 26.2 Å². The van der Waals surface area contributed by atoms with Gasteiger partial charge in [-0.2, -0.15) is 0 Å². The molecule has 0 radical (unpaired) electrons. The smallest absolute Gasteiger partial charge is 0.371 e. The molecule has 8 N–H and O–H groups in total. The van der Waals surface area contributed by atoms with Gasteiger partial charge in [-0.15, -0.1) is 11.8 Å². The number of hydrogen-bond acceptors (Lipinski definition) is 8. The Morgan fingerprint density at radius 1 is 1.08 bits per heavy atom. The van der Waals surface area contributed by atoms with Gasteiger partial charge in [0.05, 0.1) is 6.42 Å². The van der Waals surface area contributed by atoms with Crippen LogP contribution in [-0.4, -0.2) is 74.5 Å². The predicted molar refractivity (Wildman–Crippen MR) is 83.6 cm³/mol. The number of carbonyl (C=O) groups excluding carboxylic acids is 2. The molecule has 25 heavy (non-hydrogen) atoms. The second kappa shape index (κ2) is 10.9. The Balaban J connectivity index is 4.87. The van der Waals surface area contributed by atoms with Crippen molar-refractivity contribution in [3.8, 4) is 0 Å². The van der Waals surface area contributed by atoms with E-state index in [2.05, 4.69) is 5.32 Å². The van der Waals surface area contributed by atoms with E-state index in [1.807, 2.05) is 5.32 Å². The molecule has 0 aromatic heterocycles. The molecular weight excluding hydrogens is 362 g/mol. The molecule has 0 aliphatic rings. The zero-order chi connectivity index (χ0) is 19.6. The molecule has 0 aliphatic heterocycles. The summed E-state index contributed by atoms with van der Waals surface area (Å²) >= 11 is 0.664. The number of nitrogens with two attached hydrogens (primary N) is 1. The van der Waals surface area contributed by atoms with Crippen LogP contribution in [0.1, 0.15) is 6.42 Å². The van der Waals surface area contributed by atoms with E-state index >= 15 is 0 Å². The minimum absolute atomic E-state index is 0.253. The zero-order valence-corrected chi connectivity index (χ0v) is 13.5. The Kier molecular flexibility index (Phi) is 9.66. The Hall–Kier alpha value is -2.80. The van der Waals surface area contributed by atoms with E-state index in [0.29, 0.717) is 11.8 Å². The van der Waals surface area contributed by atoms with E-state index < -0.39 is 60.5 Å². The lowest BCUT2D eigenvalue weighted by molar-refractivity contribution is -0.141. The van der Waals surface area contributed by atoms with Crippen LogP contribution in [0, 0.1) is 0 Å². The van der Waals surface area contributed by atoms with Gasteiger partial charge in [0.2, 0.25) is 17.6 Å². The van der Waals surface area contributed by atoms with Crippen LogP contribution in [-0.2, 0) is 24.0 Å². The number of aliphatic hydroxyl groups excluding tert-OH is 1. The maximum Gasteiger partial charge on any atom is 0.371 e. The fourth-order valence-corrected chi connectivity index (χ4v) is 2.06. The van der Waals surface area contributed by atoms with Gasteiger partial charge in [0.25, 0.3) is 0 Å². The summed E-state index contributed by atoms with van der Waals surface area (Å²) < 4.78 is 0. The van der Waals surface area contributed by atoms with Gasteiger partial charge in [-0.25, -0.2) is 4.79 Å². The number of carboxylic acids is 3. The molecule has 0 rings (SSSR count). The summed E-state index contributed by atoms with van der Waals surface area (Å²) in [5.41, 5.74) is 5.19. The Labute approximate surface area is 145 Å². The molecule has 2 amide bonds. The summed E-state index contributed by atoms with van der Waals surface area (Å²) in [5, 5.41) is 39.6. The Bertz CT molecular complexity index is 578. The molecule has 0 aliphatic carbocycles. The SMILES string of the molecule is NC(CC(=O)NC(CSC=C(O)C(=O)O)C(=O)NCC(=O)O)C(=O)O. The number of rotatable bonds is 11. The fraction of sp³-hybridized carbons (Fsp3) is 0.417. The molecule has 13 heteroatoms. The number of nitrogens with one attached hydrogen (secondary N) is 2. The first kappa shape index (κ1) is 22.2. The van der Waals surface area contributed by atoms with Crippen LogP contribution in [0.4, 0.5) is 0 Å². The highest BCUT2D eigenvalue weighted by atomic mass is 32.2. The van der Waals surface area contributed by atoms with Gasteiger partial charge >= 0.3 is 17.9 Å². The third kappa shape index (κ3) is 9.83. The molecule has 12 nitrogen and oxygen atoms in total. The monoisotopic (exact) mass is 379 g/mol. The highest BCUT2D eigenvalue weighted by molar-refractivity contribution is 8.02. The van der Waals surface area contributed by atoms with Crippen LogP contribution in [0.25, 0.3) is 0 Å². The van der Waals surface area contributed by atoms with Crippen LogP contribution >= 0.6 is 11.8 Å². The van der Waals surface area contributed by atoms with Crippen molar-refractivity contribution in [3.05, 3.63) is 11.2 Å². The first-order valence-electron chi connectivity index (χ1n) is 6.55. The number of aliphatic hydroxyl groups is 1. The van der Waals surface area contributed by atoms with Crippen molar-refractivity contribution >= 4 is 41.5 Å². The largest absolute Gasteiger partial charge is 0.501 e. The van der Waals surface area contributed by atoms with Gasteiger partial charge in [-0.05, 0) is 0 Å². The van der Waals surface area contributed by atoms with Gasteiger partial charge in [-0.3, -0.25) is 19.2 Å². The average Bonchev–Trinajstić information content (AvgIpc) is 2.50. The summed E-state index contributed by atoms with van der Waals surface area (Å²) in [5.74, 6) is -7.37. The molecule has 0 aromatic carbocycles. The maximum absolute atomic E-state index is 11.9. The first-order valence-corrected chi connectivity index (χ1v) is 7.60. The minimum atomic E-state index is -1.60.